The Hall–Kier alpha value is -1.96. The van der Waals surface area contributed by atoms with Crippen LogP contribution < -0.4 is 10.3 Å². The first-order valence-electron chi connectivity index (χ1n) is 12.7. The van der Waals surface area contributed by atoms with Crippen LogP contribution in [-0.2, 0) is 21.2 Å². The van der Waals surface area contributed by atoms with Gasteiger partial charge < -0.3 is 9.30 Å². The van der Waals surface area contributed by atoms with Gasteiger partial charge in [-0.2, -0.15) is 0 Å². The van der Waals surface area contributed by atoms with Gasteiger partial charge in [0.2, 0.25) is 10.0 Å². The molecule has 0 unspecified atom stereocenters. The third kappa shape index (κ3) is 5.64. The van der Waals surface area contributed by atoms with E-state index in [1.165, 1.54) is 5.56 Å². The largest absolute Gasteiger partial charge is 0.376 e. The normalized spacial score (nSPS) is 25.3. The number of ether oxygens (including phenoxy) is 1. The zero-order chi connectivity index (χ0) is 24.3. The van der Waals surface area contributed by atoms with Crippen LogP contribution in [0.5, 0.6) is 0 Å². The van der Waals surface area contributed by atoms with Gasteiger partial charge in [-0.1, -0.05) is 50.2 Å². The van der Waals surface area contributed by atoms with Crippen molar-refractivity contribution >= 4 is 10.0 Å². The Labute approximate surface area is 203 Å². The first kappa shape index (κ1) is 25.1. The fourth-order valence-corrected chi connectivity index (χ4v) is 6.36. The predicted molar refractivity (Wildman–Crippen MR) is 136 cm³/mol. The molecule has 0 radical (unpaired) electrons. The number of aryl methyl sites for hydroxylation is 1. The molecule has 1 fully saturated rings. The minimum atomic E-state index is -3.40. The van der Waals surface area contributed by atoms with Crippen molar-refractivity contribution < 1.29 is 13.2 Å². The Kier molecular flexibility index (Phi) is 7.95. The molecule has 1 aromatic heterocycles. The molecule has 0 bridgehead atoms. The van der Waals surface area contributed by atoms with Gasteiger partial charge in [-0.3, -0.25) is 4.79 Å². The van der Waals surface area contributed by atoms with E-state index in [2.05, 4.69) is 35.1 Å². The lowest BCUT2D eigenvalue weighted by Gasteiger charge is -2.37. The Morgan fingerprint density at radius 1 is 1.03 bits per heavy atom. The summed E-state index contributed by atoms with van der Waals surface area (Å²) in [6, 6.07) is 13.9. The van der Waals surface area contributed by atoms with Crippen LogP contribution in [0, 0.1) is 0 Å². The van der Waals surface area contributed by atoms with E-state index in [0.29, 0.717) is 25.4 Å². The van der Waals surface area contributed by atoms with Gasteiger partial charge in [0.1, 0.15) is 0 Å². The van der Waals surface area contributed by atoms with E-state index < -0.39 is 10.0 Å². The average Bonchev–Trinajstić information content (AvgIpc) is 2.84. The van der Waals surface area contributed by atoms with Crippen molar-refractivity contribution in [1.82, 2.24) is 9.29 Å². The fourth-order valence-electron chi connectivity index (χ4n) is 5.45. The molecule has 1 aromatic carbocycles. The van der Waals surface area contributed by atoms with Gasteiger partial charge in [0.15, 0.2) is 0 Å². The number of nitrogens with one attached hydrogen (secondary N) is 1. The fraction of sp³-hybridized carbons (Fsp3) is 0.593. The van der Waals surface area contributed by atoms with Crippen molar-refractivity contribution in [2.45, 2.75) is 89.3 Å². The van der Waals surface area contributed by atoms with E-state index in [4.69, 9.17) is 4.74 Å². The van der Waals surface area contributed by atoms with Gasteiger partial charge in [0.05, 0.1) is 24.5 Å². The third-order valence-electron chi connectivity index (χ3n) is 7.52. The van der Waals surface area contributed by atoms with Crippen LogP contribution in [0.25, 0.3) is 0 Å². The number of pyridine rings is 1. The molecular formula is C27H38N2O4S. The number of aromatic nitrogens is 1. The first-order valence-corrected chi connectivity index (χ1v) is 14.3. The second-order valence-electron chi connectivity index (χ2n) is 10.1. The Balaban J connectivity index is 1.51. The third-order valence-corrected chi connectivity index (χ3v) is 8.94. The van der Waals surface area contributed by atoms with E-state index >= 15 is 0 Å². The smallest absolute Gasteiger partial charge is 0.254 e. The number of hydrogen-bond acceptors (Lipinski definition) is 4. The van der Waals surface area contributed by atoms with Crippen molar-refractivity contribution in [1.29, 1.82) is 0 Å². The number of fused-ring (bicyclic) bond motifs is 1. The molecule has 2 heterocycles. The highest BCUT2D eigenvalue weighted by atomic mass is 32.2. The van der Waals surface area contributed by atoms with Crippen LogP contribution in [0.2, 0.25) is 0 Å². The molecule has 0 saturated heterocycles. The Bertz CT molecular complexity index is 1120. The van der Waals surface area contributed by atoms with Gasteiger partial charge in [0.25, 0.3) is 5.56 Å². The van der Waals surface area contributed by atoms with Gasteiger partial charge in [-0.05, 0) is 68.9 Å². The molecule has 4 rings (SSSR count). The second-order valence-corrected chi connectivity index (χ2v) is 12.1. The maximum Gasteiger partial charge on any atom is 0.254 e. The van der Waals surface area contributed by atoms with E-state index in [1.54, 1.807) is 6.92 Å². The summed E-state index contributed by atoms with van der Waals surface area (Å²) < 4.78 is 35.9. The maximum atomic E-state index is 13.4. The van der Waals surface area contributed by atoms with E-state index in [-0.39, 0.29) is 35.4 Å². The number of nitrogens with zero attached hydrogens (tertiary/aromatic N) is 1. The zero-order valence-corrected chi connectivity index (χ0v) is 21.4. The lowest BCUT2D eigenvalue weighted by atomic mass is 9.83. The summed E-state index contributed by atoms with van der Waals surface area (Å²) >= 11 is 0. The van der Waals surface area contributed by atoms with Gasteiger partial charge in [0, 0.05) is 17.3 Å². The quantitative estimate of drug-likeness (QED) is 0.596. The lowest BCUT2D eigenvalue weighted by Crippen LogP contribution is -2.50. The Morgan fingerprint density at radius 3 is 2.38 bits per heavy atom. The highest BCUT2D eigenvalue weighted by Gasteiger charge is 2.34. The lowest BCUT2D eigenvalue weighted by molar-refractivity contribution is -0.00172. The molecule has 1 saturated carbocycles. The molecule has 0 spiro atoms. The molecule has 186 valence electrons. The van der Waals surface area contributed by atoms with Gasteiger partial charge in [-0.25, -0.2) is 13.1 Å². The Morgan fingerprint density at radius 2 is 1.74 bits per heavy atom. The van der Waals surface area contributed by atoms with Crippen LogP contribution >= 0.6 is 0 Å². The minimum absolute atomic E-state index is 0.0192. The summed E-state index contributed by atoms with van der Waals surface area (Å²) in [5.74, 6) is 0.693. The van der Waals surface area contributed by atoms with Crippen LogP contribution in [0.1, 0.15) is 87.6 Å². The molecule has 0 amide bonds. The molecule has 6 nitrogen and oxygen atoms in total. The summed E-state index contributed by atoms with van der Waals surface area (Å²) in [6.07, 6.45) is 5.59. The molecule has 2 atom stereocenters. The van der Waals surface area contributed by atoms with E-state index in [1.807, 2.05) is 30.5 Å². The standard InChI is InChI=1S/C27H38N2O4S/c1-4-34(31,32)28-25-17-13-22-12-16-24(19(2)3)27(30)29(22)26(25)18-33-23-14-10-21(11-15-23)20-8-6-5-7-9-20/h5-9,12,16,19,21,23,25-26,28H,4,10-11,13-15,17-18H2,1-3H3/t21?,23?,25-,26-/m0/s1. The van der Waals surface area contributed by atoms with Crippen LogP contribution in [0.15, 0.2) is 47.3 Å². The van der Waals surface area contributed by atoms with Crippen molar-refractivity contribution in [3.8, 4) is 0 Å². The topological polar surface area (TPSA) is 77.4 Å². The van der Waals surface area contributed by atoms with Crippen LogP contribution in [0.3, 0.4) is 0 Å². The monoisotopic (exact) mass is 486 g/mol. The summed E-state index contributed by atoms with van der Waals surface area (Å²) in [6.45, 7) is 6.01. The number of rotatable bonds is 8. The zero-order valence-electron chi connectivity index (χ0n) is 20.6. The average molecular weight is 487 g/mol. The SMILES string of the molecule is CCS(=O)(=O)N[C@H]1CCc2ccc(C(C)C)c(=O)n2[C@H]1COC1CCC(c2ccccc2)CC1. The summed E-state index contributed by atoms with van der Waals surface area (Å²) in [5, 5.41) is 0. The predicted octanol–water partition coefficient (Wildman–Crippen LogP) is 4.51. The van der Waals surface area contributed by atoms with Crippen molar-refractivity contribution in [2.24, 2.45) is 0 Å². The van der Waals surface area contributed by atoms with Crippen molar-refractivity contribution in [3.05, 3.63) is 69.6 Å². The van der Waals surface area contributed by atoms with Gasteiger partial charge in [-0.15, -0.1) is 0 Å². The molecular weight excluding hydrogens is 448 g/mol. The molecule has 2 aliphatic rings. The maximum absolute atomic E-state index is 13.4. The van der Waals surface area contributed by atoms with Crippen molar-refractivity contribution in [3.63, 3.8) is 0 Å². The number of hydrogen-bond donors (Lipinski definition) is 1. The summed E-state index contributed by atoms with van der Waals surface area (Å²) in [4.78, 5) is 13.4. The summed E-state index contributed by atoms with van der Waals surface area (Å²) in [7, 11) is -3.40. The van der Waals surface area contributed by atoms with E-state index in [0.717, 1.165) is 36.9 Å². The number of sulfonamides is 1. The van der Waals surface area contributed by atoms with Crippen LogP contribution in [0.4, 0.5) is 0 Å². The molecule has 1 aliphatic carbocycles. The van der Waals surface area contributed by atoms with Crippen LogP contribution in [-0.4, -0.2) is 37.5 Å². The van der Waals surface area contributed by atoms with Crippen molar-refractivity contribution in [2.75, 3.05) is 12.4 Å². The molecule has 1 N–H and O–H groups in total. The number of benzene rings is 1. The minimum Gasteiger partial charge on any atom is -0.376 e. The highest BCUT2D eigenvalue weighted by molar-refractivity contribution is 7.89. The van der Waals surface area contributed by atoms with Gasteiger partial charge >= 0.3 is 0 Å². The molecule has 2 aromatic rings. The first-order chi connectivity index (χ1) is 16.3. The highest BCUT2D eigenvalue weighted by Crippen LogP contribution is 2.35. The molecule has 7 heteroatoms. The molecule has 1 aliphatic heterocycles. The summed E-state index contributed by atoms with van der Waals surface area (Å²) in [5.41, 5.74) is 3.09. The van der Waals surface area contributed by atoms with E-state index in [9.17, 15) is 13.2 Å². The second kappa shape index (κ2) is 10.8. The molecule has 34 heavy (non-hydrogen) atoms.